The SMILES string of the molecule is C#CCN1CCO[C@H](CN(C)Cc2ccc(OC)cc2)C1. The molecule has 4 nitrogen and oxygen atoms in total. The number of benzene rings is 1. The van der Waals surface area contributed by atoms with Crippen LogP contribution in [0.15, 0.2) is 24.3 Å². The Hall–Kier alpha value is -1.54. The van der Waals surface area contributed by atoms with E-state index >= 15 is 0 Å². The van der Waals surface area contributed by atoms with E-state index in [0.29, 0.717) is 6.54 Å². The molecule has 0 spiro atoms. The number of hydrogen-bond donors (Lipinski definition) is 0. The highest BCUT2D eigenvalue weighted by molar-refractivity contribution is 5.27. The van der Waals surface area contributed by atoms with Gasteiger partial charge in [-0.2, -0.15) is 0 Å². The molecule has 4 heteroatoms. The zero-order valence-corrected chi connectivity index (χ0v) is 12.9. The van der Waals surface area contributed by atoms with Gasteiger partial charge < -0.3 is 9.47 Å². The second-order valence-electron chi connectivity index (χ2n) is 5.48. The van der Waals surface area contributed by atoms with Gasteiger partial charge in [0.05, 0.1) is 26.4 Å². The largest absolute Gasteiger partial charge is 0.497 e. The van der Waals surface area contributed by atoms with Crippen molar-refractivity contribution in [3.63, 3.8) is 0 Å². The number of ether oxygens (including phenoxy) is 2. The minimum absolute atomic E-state index is 0.232. The van der Waals surface area contributed by atoms with E-state index in [1.54, 1.807) is 7.11 Å². The highest BCUT2D eigenvalue weighted by atomic mass is 16.5. The van der Waals surface area contributed by atoms with Crippen molar-refractivity contribution in [3.05, 3.63) is 29.8 Å². The third kappa shape index (κ3) is 5.05. The Morgan fingerprint density at radius 2 is 2.19 bits per heavy atom. The van der Waals surface area contributed by atoms with Gasteiger partial charge >= 0.3 is 0 Å². The number of methoxy groups -OCH3 is 1. The lowest BCUT2D eigenvalue weighted by Gasteiger charge is -2.33. The third-order valence-electron chi connectivity index (χ3n) is 3.66. The summed E-state index contributed by atoms with van der Waals surface area (Å²) in [7, 11) is 3.80. The zero-order chi connectivity index (χ0) is 15.1. The normalized spacial score (nSPS) is 19.4. The van der Waals surface area contributed by atoms with E-state index in [0.717, 1.165) is 38.5 Å². The molecule has 0 N–H and O–H groups in total. The highest BCUT2D eigenvalue weighted by Crippen LogP contribution is 2.13. The second-order valence-corrected chi connectivity index (χ2v) is 5.48. The van der Waals surface area contributed by atoms with Crippen molar-refractivity contribution in [2.75, 3.05) is 46.9 Å². The molecule has 1 atom stereocenters. The fourth-order valence-electron chi connectivity index (χ4n) is 2.62. The van der Waals surface area contributed by atoms with Crippen LogP contribution in [0.3, 0.4) is 0 Å². The summed E-state index contributed by atoms with van der Waals surface area (Å²) in [6, 6.07) is 8.19. The fourth-order valence-corrected chi connectivity index (χ4v) is 2.62. The first-order chi connectivity index (χ1) is 10.2. The molecular formula is C17H24N2O2. The third-order valence-corrected chi connectivity index (χ3v) is 3.66. The molecule has 0 bridgehead atoms. The van der Waals surface area contributed by atoms with E-state index in [4.69, 9.17) is 15.9 Å². The molecule has 0 amide bonds. The summed E-state index contributed by atoms with van der Waals surface area (Å²) in [6.45, 7) is 5.14. The smallest absolute Gasteiger partial charge is 0.118 e. The molecule has 1 aromatic rings. The Morgan fingerprint density at radius 3 is 2.86 bits per heavy atom. The Balaban J connectivity index is 1.80. The van der Waals surface area contributed by atoms with Gasteiger partial charge in [0.1, 0.15) is 5.75 Å². The molecule has 114 valence electrons. The molecule has 1 aromatic carbocycles. The number of likely N-dealkylation sites (N-methyl/N-ethyl adjacent to an activating group) is 1. The zero-order valence-electron chi connectivity index (χ0n) is 12.9. The second kappa shape index (κ2) is 8.04. The number of nitrogens with zero attached hydrogens (tertiary/aromatic N) is 2. The van der Waals surface area contributed by atoms with Gasteiger partial charge in [-0.15, -0.1) is 6.42 Å². The van der Waals surface area contributed by atoms with Crippen LogP contribution >= 0.6 is 0 Å². The molecular weight excluding hydrogens is 264 g/mol. The van der Waals surface area contributed by atoms with E-state index in [1.807, 2.05) is 12.1 Å². The van der Waals surface area contributed by atoms with E-state index in [2.05, 4.69) is 34.9 Å². The first kappa shape index (κ1) is 15.8. The van der Waals surface area contributed by atoms with Gasteiger partial charge in [0.15, 0.2) is 0 Å². The van der Waals surface area contributed by atoms with Crippen LogP contribution in [0.4, 0.5) is 0 Å². The minimum atomic E-state index is 0.232. The molecule has 1 aliphatic heterocycles. The molecule has 0 saturated carbocycles. The maximum atomic E-state index is 5.83. The minimum Gasteiger partial charge on any atom is -0.497 e. The molecule has 0 aromatic heterocycles. The lowest BCUT2D eigenvalue weighted by molar-refractivity contribution is -0.0372. The van der Waals surface area contributed by atoms with Crippen LogP contribution in [0.1, 0.15) is 5.56 Å². The van der Waals surface area contributed by atoms with Crippen molar-refractivity contribution < 1.29 is 9.47 Å². The Kier molecular flexibility index (Phi) is 6.06. The molecule has 21 heavy (non-hydrogen) atoms. The van der Waals surface area contributed by atoms with E-state index in [1.165, 1.54) is 5.56 Å². The average Bonchev–Trinajstić information content (AvgIpc) is 2.48. The topological polar surface area (TPSA) is 24.9 Å². The number of terminal acetylenes is 1. The first-order valence-corrected chi connectivity index (χ1v) is 7.30. The van der Waals surface area contributed by atoms with Crippen LogP contribution in [0.25, 0.3) is 0 Å². The molecule has 1 fully saturated rings. The maximum Gasteiger partial charge on any atom is 0.118 e. The fraction of sp³-hybridized carbons (Fsp3) is 0.529. The summed E-state index contributed by atoms with van der Waals surface area (Å²) in [5.41, 5.74) is 1.27. The summed E-state index contributed by atoms with van der Waals surface area (Å²) in [6.07, 6.45) is 5.61. The van der Waals surface area contributed by atoms with E-state index < -0.39 is 0 Å². The molecule has 0 unspecified atom stereocenters. The van der Waals surface area contributed by atoms with Gasteiger partial charge in [0.2, 0.25) is 0 Å². The van der Waals surface area contributed by atoms with Gasteiger partial charge in [-0.3, -0.25) is 9.80 Å². The van der Waals surface area contributed by atoms with Crippen LogP contribution in [-0.2, 0) is 11.3 Å². The summed E-state index contributed by atoms with van der Waals surface area (Å²) in [5.74, 6) is 3.60. The Morgan fingerprint density at radius 1 is 1.43 bits per heavy atom. The molecule has 0 radical (unpaired) electrons. The number of morpholine rings is 1. The Bertz CT molecular complexity index is 467. The van der Waals surface area contributed by atoms with Crippen molar-refractivity contribution in [1.29, 1.82) is 0 Å². The summed E-state index contributed by atoms with van der Waals surface area (Å²) >= 11 is 0. The lowest BCUT2D eigenvalue weighted by atomic mass is 10.2. The quantitative estimate of drug-likeness (QED) is 0.740. The van der Waals surface area contributed by atoms with Crippen molar-refractivity contribution in [2.45, 2.75) is 12.6 Å². The first-order valence-electron chi connectivity index (χ1n) is 7.30. The Labute approximate surface area is 127 Å². The van der Waals surface area contributed by atoms with Crippen LogP contribution < -0.4 is 4.74 Å². The van der Waals surface area contributed by atoms with Crippen molar-refractivity contribution in [1.82, 2.24) is 9.80 Å². The molecule has 1 heterocycles. The number of rotatable bonds is 6. The van der Waals surface area contributed by atoms with Crippen molar-refractivity contribution >= 4 is 0 Å². The average molecular weight is 288 g/mol. The van der Waals surface area contributed by atoms with Gasteiger partial charge in [0, 0.05) is 26.2 Å². The molecule has 1 saturated heterocycles. The van der Waals surface area contributed by atoms with Gasteiger partial charge in [0.25, 0.3) is 0 Å². The molecule has 0 aliphatic carbocycles. The standard InChI is InChI=1S/C17H24N2O2/c1-4-9-19-10-11-21-17(14-19)13-18(2)12-15-5-7-16(20-3)8-6-15/h1,5-8,17H,9-14H2,2-3H3/t17-/m1/s1. The van der Waals surface area contributed by atoms with Crippen LogP contribution in [0.5, 0.6) is 5.75 Å². The summed E-state index contributed by atoms with van der Waals surface area (Å²) in [4.78, 5) is 4.56. The lowest BCUT2D eigenvalue weighted by Crippen LogP contribution is -2.46. The predicted octanol–water partition coefficient (Wildman–Crippen LogP) is 1.46. The summed E-state index contributed by atoms with van der Waals surface area (Å²) in [5, 5.41) is 0. The monoisotopic (exact) mass is 288 g/mol. The number of hydrogen-bond acceptors (Lipinski definition) is 4. The van der Waals surface area contributed by atoms with Crippen LogP contribution in [-0.4, -0.2) is 62.8 Å². The highest BCUT2D eigenvalue weighted by Gasteiger charge is 2.21. The van der Waals surface area contributed by atoms with Crippen molar-refractivity contribution in [2.24, 2.45) is 0 Å². The van der Waals surface area contributed by atoms with Crippen LogP contribution in [0, 0.1) is 12.3 Å². The maximum absolute atomic E-state index is 5.83. The van der Waals surface area contributed by atoms with Crippen molar-refractivity contribution in [3.8, 4) is 18.1 Å². The summed E-state index contributed by atoms with van der Waals surface area (Å²) < 4.78 is 11.0. The van der Waals surface area contributed by atoms with Crippen LogP contribution in [0.2, 0.25) is 0 Å². The van der Waals surface area contributed by atoms with Gasteiger partial charge in [-0.05, 0) is 24.7 Å². The van der Waals surface area contributed by atoms with Gasteiger partial charge in [-0.1, -0.05) is 18.1 Å². The molecule has 1 aliphatic rings. The molecule has 2 rings (SSSR count). The van der Waals surface area contributed by atoms with E-state index in [-0.39, 0.29) is 6.10 Å². The van der Waals surface area contributed by atoms with Gasteiger partial charge in [-0.25, -0.2) is 0 Å². The van der Waals surface area contributed by atoms with E-state index in [9.17, 15) is 0 Å². The predicted molar refractivity (Wildman–Crippen MR) is 84.3 cm³/mol.